The predicted molar refractivity (Wildman–Crippen MR) is 73.6 cm³/mol. The van der Waals surface area contributed by atoms with E-state index in [1.165, 1.54) is 5.56 Å². The number of esters is 1. The number of cyclic esters (lactones) is 1. The zero-order chi connectivity index (χ0) is 13.7. The maximum Gasteiger partial charge on any atom is 0.306 e. The van der Waals surface area contributed by atoms with Crippen molar-refractivity contribution in [3.05, 3.63) is 35.9 Å². The van der Waals surface area contributed by atoms with Crippen LogP contribution in [0, 0.1) is 5.92 Å². The summed E-state index contributed by atoms with van der Waals surface area (Å²) in [5.41, 5.74) is 0.903. The summed E-state index contributed by atoms with van der Waals surface area (Å²) in [5, 5.41) is 0. The molecule has 0 saturated carbocycles. The number of hydrogen-bond donors (Lipinski definition) is 0. The normalized spacial score (nSPS) is 24.2. The fourth-order valence-corrected chi connectivity index (χ4v) is 2.64. The molecule has 1 aromatic rings. The second kappa shape index (κ2) is 6.20. The molecule has 1 heterocycles. The number of carbonyl (C=O) groups excluding carboxylic acids is 1. The van der Waals surface area contributed by atoms with E-state index < -0.39 is 0 Å². The molecular formula is C16H22O3. The molecule has 2 atom stereocenters. The van der Waals surface area contributed by atoms with Crippen LogP contribution < -0.4 is 0 Å². The molecule has 0 spiro atoms. The smallest absolute Gasteiger partial charge is 0.306 e. The van der Waals surface area contributed by atoms with Gasteiger partial charge in [0.2, 0.25) is 0 Å². The van der Waals surface area contributed by atoms with Crippen LogP contribution in [-0.2, 0) is 20.9 Å². The molecule has 3 nitrogen and oxygen atoms in total. The summed E-state index contributed by atoms with van der Waals surface area (Å²) in [6.07, 6.45) is 2.25. The summed E-state index contributed by atoms with van der Waals surface area (Å²) < 4.78 is 11.1. The van der Waals surface area contributed by atoms with Crippen LogP contribution in [0.15, 0.2) is 30.3 Å². The van der Waals surface area contributed by atoms with Crippen molar-refractivity contribution in [1.82, 2.24) is 0 Å². The highest BCUT2D eigenvalue weighted by molar-refractivity contribution is 5.72. The zero-order valence-corrected chi connectivity index (χ0v) is 11.7. The third kappa shape index (κ3) is 4.35. The van der Waals surface area contributed by atoms with E-state index in [9.17, 15) is 4.79 Å². The monoisotopic (exact) mass is 262 g/mol. The number of carbonyl (C=O) groups is 1. The molecule has 0 radical (unpaired) electrons. The van der Waals surface area contributed by atoms with Crippen molar-refractivity contribution in [2.24, 2.45) is 5.92 Å². The Labute approximate surface area is 114 Å². The third-order valence-corrected chi connectivity index (χ3v) is 3.51. The molecule has 1 saturated heterocycles. The summed E-state index contributed by atoms with van der Waals surface area (Å²) in [6, 6.07) is 10.2. The van der Waals surface area contributed by atoms with Crippen LogP contribution in [-0.4, -0.2) is 18.2 Å². The first kappa shape index (κ1) is 14.1. The van der Waals surface area contributed by atoms with Crippen molar-refractivity contribution in [1.29, 1.82) is 0 Å². The fourth-order valence-electron chi connectivity index (χ4n) is 2.64. The third-order valence-electron chi connectivity index (χ3n) is 3.51. The van der Waals surface area contributed by atoms with E-state index in [2.05, 4.69) is 19.1 Å². The minimum Gasteiger partial charge on any atom is -0.459 e. The lowest BCUT2D eigenvalue weighted by Crippen LogP contribution is -2.28. The van der Waals surface area contributed by atoms with Crippen molar-refractivity contribution in [2.45, 2.75) is 45.3 Å². The van der Waals surface area contributed by atoms with Crippen LogP contribution in [0.2, 0.25) is 0 Å². The van der Waals surface area contributed by atoms with Gasteiger partial charge in [-0.05, 0) is 31.2 Å². The first-order valence-electron chi connectivity index (χ1n) is 6.91. The van der Waals surface area contributed by atoms with Crippen LogP contribution in [0.1, 0.15) is 38.7 Å². The first-order chi connectivity index (χ1) is 9.07. The molecule has 1 fully saturated rings. The van der Waals surface area contributed by atoms with Crippen molar-refractivity contribution in [3.63, 3.8) is 0 Å². The van der Waals surface area contributed by atoms with Crippen molar-refractivity contribution >= 4 is 5.97 Å². The Hall–Kier alpha value is -1.35. The van der Waals surface area contributed by atoms with E-state index in [1.807, 2.05) is 25.1 Å². The van der Waals surface area contributed by atoms with Crippen LogP contribution in [0.3, 0.4) is 0 Å². The van der Waals surface area contributed by atoms with E-state index in [1.54, 1.807) is 0 Å². The molecule has 1 aromatic carbocycles. The van der Waals surface area contributed by atoms with E-state index >= 15 is 0 Å². The van der Waals surface area contributed by atoms with Crippen molar-refractivity contribution < 1.29 is 14.3 Å². The Bertz CT molecular complexity index is 415. The number of hydrogen-bond acceptors (Lipinski definition) is 3. The minimum atomic E-state index is -0.285. The van der Waals surface area contributed by atoms with Crippen LogP contribution in [0.25, 0.3) is 0 Å². The summed E-state index contributed by atoms with van der Waals surface area (Å²) >= 11 is 0. The van der Waals surface area contributed by atoms with Crippen molar-refractivity contribution in [2.75, 3.05) is 6.61 Å². The predicted octanol–water partition coefficient (Wildman–Crippen LogP) is 3.33. The Balaban J connectivity index is 1.70. The maximum absolute atomic E-state index is 11.2. The number of rotatable bonds is 6. The van der Waals surface area contributed by atoms with Gasteiger partial charge in [0.15, 0.2) is 0 Å². The highest BCUT2D eigenvalue weighted by atomic mass is 16.6. The molecule has 0 N–H and O–H groups in total. The van der Waals surface area contributed by atoms with E-state index in [0.717, 1.165) is 12.8 Å². The minimum absolute atomic E-state index is 0.0695. The van der Waals surface area contributed by atoms with Gasteiger partial charge in [-0.1, -0.05) is 37.3 Å². The lowest BCUT2D eigenvalue weighted by Gasteiger charge is -2.26. The van der Waals surface area contributed by atoms with Gasteiger partial charge in [-0.2, -0.15) is 0 Å². The lowest BCUT2D eigenvalue weighted by molar-refractivity contribution is -0.148. The first-order valence-corrected chi connectivity index (χ1v) is 6.91. The van der Waals surface area contributed by atoms with Crippen molar-refractivity contribution in [3.8, 4) is 0 Å². The second-order valence-electron chi connectivity index (χ2n) is 5.73. The molecule has 3 heteroatoms. The molecule has 0 unspecified atom stereocenters. The Morgan fingerprint density at radius 3 is 2.74 bits per heavy atom. The van der Waals surface area contributed by atoms with Crippen LogP contribution >= 0.6 is 0 Å². The highest BCUT2D eigenvalue weighted by Crippen LogP contribution is 2.32. The fraction of sp³-hybridized carbons (Fsp3) is 0.562. The van der Waals surface area contributed by atoms with Crippen LogP contribution in [0.5, 0.6) is 0 Å². The molecule has 0 bridgehead atoms. The molecule has 0 amide bonds. The van der Waals surface area contributed by atoms with E-state index in [0.29, 0.717) is 25.6 Å². The van der Waals surface area contributed by atoms with Gasteiger partial charge in [-0.3, -0.25) is 4.79 Å². The van der Waals surface area contributed by atoms with Gasteiger partial charge in [0.05, 0.1) is 6.61 Å². The quantitative estimate of drug-likeness (QED) is 0.738. The molecule has 104 valence electrons. The Kier molecular flexibility index (Phi) is 4.59. The van der Waals surface area contributed by atoms with E-state index in [4.69, 9.17) is 9.47 Å². The summed E-state index contributed by atoms with van der Waals surface area (Å²) in [6.45, 7) is 5.50. The standard InChI is InChI=1S/C16H22O3/c1-13(10-16(2)9-8-15(17)19-16)11-18-12-14-6-4-3-5-7-14/h3-7,13H,8-12H2,1-2H3/t13-,16-/m1/s1. The summed E-state index contributed by atoms with van der Waals surface area (Å²) in [4.78, 5) is 11.2. The summed E-state index contributed by atoms with van der Waals surface area (Å²) in [7, 11) is 0. The summed E-state index contributed by atoms with van der Waals surface area (Å²) in [5.74, 6) is 0.319. The molecule has 0 aromatic heterocycles. The van der Waals surface area contributed by atoms with Gasteiger partial charge >= 0.3 is 5.97 Å². The molecule has 0 aliphatic carbocycles. The Morgan fingerprint density at radius 2 is 2.11 bits per heavy atom. The second-order valence-corrected chi connectivity index (χ2v) is 5.73. The molecule has 1 aliphatic rings. The van der Waals surface area contributed by atoms with Gasteiger partial charge in [-0.15, -0.1) is 0 Å². The number of ether oxygens (including phenoxy) is 2. The molecule has 2 rings (SSSR count). The van der Waals surface area contributed by atoms with Gasteiger partial charge < -0.3 is 9.47 Å². The Morgan fingerprint density at radius 1 is 1.37 bits per heavy atom. The molecule has 1 aliphatic heterocycles. The van der Waals surface area contributed by atoms with Gasteiger partial charge in [-0.25, -0.2) is 0 Å². The van der Waals surface area contributed by atoms with E-state index in [-0.39, 0.29) is 11.6 Å². The lowest BCUT2D eigenvalue weighted by atomic mass is 9.91. The van der Waals surface area contributed by atoms with Gasteiger partial charge in [0.1, 0.15) is 5.60 Å². The average Bonchev–Trinajstić information content (AvgIpc) is 2.70. The maximum atomic E-state index is 11.2. The largest absolute Gasteiger partial charge is 0.459 e. The average molecular weight is 262 g/mol. The molecular weight excluding hydrogens is 240 g/mol. The number of benzene rings is 1. The zero-order valence-electron chi connectivity index (χ0n) is 11.7. The van der Waals surface area contributed by atoms with Gasteiger partial charge in [0, 0.05) is 13.0 Å². The SMILES string of the molecule is C[C@@H](COCc1ccccc1)C[C@@]1(C)CCC(=O)O1. The van der Waals surface area contributed by atoms with Crippen LogP contribution in [0.4, 0.5) is 0 Å². The highest BCUT2D eigenvalue weighted by Gasteiger charge is 2.36. The topological polar surface area (TPSA) is 35.5 Å². The van der Waals surface area contributed by atoms with Gasteiger partial charge in [0.25, 0.3) is 0 Å². The molecule has 19 heavy (non-hydrogen) atoms.